The second-order valence-corrected chi connectivity index (χ2v) is 4.32. The molecule has 1 aromatic rings. The molecular weight excluding hydrogens is 261 g/mol. The number of halogens is 3. The van der Waals surface area contributed by atoms with Crippen molar-refractivity contribution in [3.63, 3.8) is 0 Å². The third-order valence-electron chi connectivity index (χ3n) is 2.63. The summed E-state index contributed by atoms with van der Waals surface area (Å²) in [4.78, 5) is 0. The third kappa shape index (κ3) is 5.94. The van der Waals surface area contributed by atoms with Crippen LogP contribution in [0.15, 0.2) is 24.3 Å². The lowest BCUT2D eigenvalue weighted by Gasteiger charge is -2.17. The monoisotopic (exact) mass is 278 g/mol. The van der Waals surface area contributed by atoms with Crippen LogP contribution in [0, 0.1) is 0 Å². The smallest absolute Gasteiger partial charge is 0.406 e. The Morgan fingerprint density at radius 1 is 1.11 bits per heavy atom. The molecule has 2 N–H and O–H groups in total. The van der Waals surface area contributed by atoms with Crippen molar-refractivity contribution in [2.45, 2.75) is 44.8 Å². The summed E-state index contributed by atoms with van der Waals surface area (Å²) in [6.45, 7) is 1.89. The minimum Gasteiger partial charge on any atom is -0.406 e. The molecule has 0 bridgehead atoms. The van der Waals surface area contributed by atoms with Gasteiger partial charge in [0.25, 0.3) is 0 Å². The fourth-order valence-corrected chi connectivity index (χ4v) is 1.69. The highest BCUT2D eigenvalue weighted by atomic mass is 19.4. The SMILES string of the molecule is CCCC(O)C(O)Cc1ccc(OC(F)(F)F)cc1. The van der Waals surface area contributed by atoms with Crippen molar-refractivity contribution in [1.82, 2.24) is 0 Å². The van der Waals surface area contributed by atoms with E-state index in [1.54, 1.807) is 0 Å². The van der Waals surface area contributed by atoms with Gasteiger partial charge in [0.15, 0.2) is 0 Å². The van der Waals surface area contributed by atoms with Crippen molar-refractivity contribution >= 4 is 0 Å². The minimum absolute atomic E-state index is 0.188. The predicted octanol–water partition coefficient (Wildman–Crippen LogP) is 2.65. The van der Waals surface area contributed by atoms with Crippen LogP contribution in [0.5, 0.6) is 5.75 Å². The minimum atomic E-state index is -4.71. The summed E-state index contributed by atoms with van der Waals surface area (Å²) < 4.78 is 39.6. The number of hydrogen-bond acceptors (Lipinski definition) is 3. The lowest BCUT2D eigenvalue weighted by Crippen LogP contribution is -2.27. The fourth-order valence-electron chi connectivity index (χ4n) is 1.69. The molecule has 0 radical (unpaired) electrons. The van der Waals surface area contributed by atoms with Gasteiger partial charge in [-0.05, 0) is 24.1 Å². The van der Waals surface area contributed by atoms with Crippen molar-refractivity contribution in [1.29, 1.82) is 0 Å². The quantitative estimate of drug-likeness (QED) is 0.841. The highest BCUT2D eigenvalue weighted by Crippen LogP contribution is 2.23. The molecule has 2 atom stereocenters. The lowest BCUT2D eigenvalue weighted by molar-refractivity contribution is -0.274. The maximum atomic E-state index is 11.9. The maximum absolute atomic E-state index is 11.9. The molecule has 0 aliphatic rings. The Morgan fingerprint density at radius 3 is 2.16 bits per heavy atom. The van der Waals surface area contributed by atoms with E-state index < -0.39 is 18.6 Å². The maximum Gasteiger partial charge on any atom is 0.573 e. The molecule has 3 nitrogen and oxygen atoms in total. The lowest BCUT2D eigenvalue weighted by atomic mass is 10.0. The van der Waals surface area contributed by atoms with Gasteiger partial charge in [-0.25, -0.2) is 0 Å². The van der Waals surface area contributed by atoms with Crippen LogP contribution < -0.4 is 4.74 Å². The van der Waals surface area contributed by atoms with Gasteiger partial charge in [0.1, 0.15) is 5.75 Å². The molecule has 0 aromatic heterocycles. The normalized spacial score (nSPS) is 15.1. The summed E-state index contributed by atoms with van der Waals surface area (Å²) in [5.41, 5.74) is 0.636. The van der Waals surface area contributed by atoms with Crippen molar-refractivity contribution in [3.8, 4) is 5.75 Å². The Bertz CT molecular complexity index is 376. The van der Waals surface area contributed by atoms with E-state index in [-0.39, 0.29) is 12.2 Å². The number of aliphatic hydroxyl groups is 2. The van der Waals surface area contributed by atoms with E-state index in [9.17, 15) is 23.4 Å². The number of benzene rings is 1. The summed E-state index contributed by atoms with van der Waals surface area (Å²) in [5, 5.41) is 19.3. The van der Waals surface area contributed by atoms with Gasteiger partial charge in [-0.15, -0.1) is 13.2 Å². The molecule has 0 amide bonds. The molecule has 0 saturated carbocycles. The second kappa shape index (κ2) is 6.77. The van der Waals surface area contributed by atoms with Crippen molar-refractivity contribution < 1.29 is 28.1 Å². The molecule has 0 aliphatic heterocycles. The Kier molecular flexibility index (Phi) is 5.62. The van der Waals surface area contributed by atoms with Crippen LogP contribution in [-0.2, 0) is 6.42 Å². The number of hydrogen-bond donors (Lipinski definition) is 2. The molecule has 6 heteroatoms. The van der Waals surface area contributed by atoms with E-state index in [2.05, 4.69) is 4.74 Å². The van der Waals surface area contributed by atoms with E-state index in [0.29, 0.717) is 12.0 Å². The number of ether oxygens (including phenoxy) is 1. The molecule has 0 spiro atoms. The molecule has 0 fully saturated rings. The summed E-state index contributed by atoms with van der Waals surface area (Å²) in [6.07, 6.45) is -5.04. The molecule has 1 rings (SSSR count). The van der Waals surface area contributed by atoms with E-state index in [0.717, 1.165) is 6.42 Å². The number of alkyl halides is 3. The van der Waals surface area contributed by atoms with Crippen LogP contribution in [0.25, 0.3) is 0 Å². The number of aliphatic hydroxyl groups excluding tert-OH is 2. The molecule has 1 aromatic carbocycles. The fraction of sp³-hybridized carbons (Fsp3) is 0.538. The average molecular weight is 278 g/mol. The van der Waals surface area contributed by atoms with E-state index >= 15 is 0 Å². The van der Waals surface area contributed by atoms with Gasteiger partial charge >= 0.3 is 6.36 Å². The van der Waals surface area contributed by atoms with Crippen molar-refractivity contribution in [3.05, 3.63) is 29.8 Å². The van der Waals surface area contributed by atoms with E-state index in [1.165, 1.54) is 24.3 Å². The zero-order chi connectivity index (χ0) is 14.5. The highest BCUT2D eigenvalue weighted by Gasteiger charge is 2.31. The molecule has 0 aliphatic carbocycles. The van der Waals surface area contributed by atoms with Crippen LogP contribution in [0.1, 0.15) is 25.3 Å². The number of rotatable bonds is 6. The second-order valence-electron chi connectivity index (χ2n) is 4.32. The molecule has 0 saturated heterocycles. The van der Waals surface area contributed by atoms with E-state index in [4.69, 9.17) is 0 Å². The summed E-state index contributed by atoms with van der Waals surface area (Å²) in [5.74, 6) is -0.306. The van der Waals surface area contributed by atoms with Crippen LogP contribution in [0.4, 0.5) is 13.2 Å². The Labute approximate surface area is 109 Å². The van der Waals surface area contributed by atoms with Gasteiger partial charge in [-0.2, -0.15) is 0 Å². The van der Waals surface area contributed by atoms with Gasteiger partial charge in [0.05, 0.1) is 12.2 Å². The van der Waals surface area contributed by atoms with Crippen LogP contribution in [0.3, 0.4) is 0 Å². The molecule has 19 heavy (non-hydrogen) atoms. The summed E-state index contributed by atoms with van der Waals surface area (Å²) in [6, 6.07) is 5.23. The highest BCUT2D eigenvalue weighted by molar-refractivity contribution is 5.27. The van der Waals surface area contributed by atoms with E-state index in [1.807, 2.05) is 6.92 Å². The summed E-state index contributed by atoms with van der Waals surface area (Å²) in [7, 11) is 0. The molecule has 2 unspecified atom stereocenters. The standard InChI is InChI=1S/C13H17F3O3/c1-2-3-11(17)12(18)8-9-4-6-10(7-5-9)19-13(14,15)16/h4-7,11-12,17-18H,2-3,8H2,1H3. The Balaban J connectivity index is 2.57. The Morgan fingerprint density at radius 2 is 1.68 bits per heavy atom. The van der Waals surface area contributed by atoms with Gasteiger partial charge in [0, 0.05) is 6.42 Å². The zero-order valence-corrected chi connectivity index (χ0v) is 10.5. The molecular formula is C13H17F3O3. The largest absolute Gasteiger partial charge is 0.573 e. The zero-order valence-electron chi connectivity index (χ0n) is 10.5. The first-order valence-electron chi connectivity index (χ1n) is 6.02. The van der Waals surface area contributed by atoms with Crippen molar-refractivity contribution in [2.24, 2.45) is 0 Å². The van der Waals surface area contributed by atoms with Gasteiger partial charge < -0.3 is 14.9 Å². The topological polar surface area (TPSA) is 49.7 Å². The predicted molar refractivity (Wildman–Crippen MR) is 63.8 cm³/mol. The van der Waals surface area contributed by atoms with Crippen molar-refractivity contribution in [2.75, 3.05) is 0 Å². The van der Waals surface area contributed by atoms with Crippen LogP contribution in [-0.4, -0.2) is 28.8 Å². The van der Waals surface area contributed by atoms with Gasteiger partial charge in [-0.1, -0.05) is 25.5 Å². The third-order valence-corrected chi connectivity index (χ3v) is 2.63. The summed E-state index contributed by atoms with van der Waals surface area (Å²) >= 11 is 0. The van der Waals surface area contributed by atoms with Crippen LogP contribution in [0.2, 0.25) is 0 Å². The van der Waals surface area contributed by atoms with Gasteiger partial charge in [0.2, 0.25) is 0 Å². The Hall–Kier alpha value is -1.27. The molecule has 0 heterocycles. The van der Waals surface area contributed by atoms with Crippen LogP contribution >= 0.6 is 0 Å². The van der Waals surface area contributed by atoms with Gasteiger partial charge in [-0.3, -0.25) is 0 Å². The first-order chi connectivity index (χ1) is 8.81. The first-order valence-corrected chi connectivity index (χ1v) is 6.02. The molecule has 108 valence electrons. The first kappa shape index (κ1) is 15.8. The average Bonchev–Trinajstić information content (AvgIpc) is 2.30.